The van der Waals surface area contributed by atoms with E-state index in [0.29, 0.717) is 13.0 Å². The fourth-order valence-electron chi connectivity index (χ4n) is 2.68. The van der Waals surface area contributed by atoms with Crippen LogP contribution in [0.5, 0.6) is 0 Å². The van der Waals surface area contributed by atoms with Crippen LogP contribution >= 0.6 is 11.3 Å². The van der Waals surface area contributed by atoms with Crippen molar-refractivity contribution in [2.24, 2.45) is 5.92 Å². The third kappa shape index (κ3) is 3.04. The third-order valence-corrected chi connectivity index (χ3v) is 4.86. The molecule has 1 aromatic carbocycles. The van der Waals surface area contributed by atoms with E-state index in [1.54, 1.807) is 23.9 Å². The highest BCUT2D eigenvalue weighted by atomic mass is 32.1. The second-order valence-electron chi connectivity index (χ2n) is 5.63. The number of fused-ring (bicyclic) bond motifs is 1. The molecule has 114 valence electrons. The molecule has 0 spiro atoms. The summed E-state index contributed by atoms with van der Waals surface area (Å²) in [5.41, 5.74) is 2.21. The van der Waals surface area contributed by atoms with Gasteiger partial charge in [0, 0.05) is 42.5 Å². The van der Waals surface area contributed by atoms with Crippen LogP contribution in [0.4, 0.5) is 0 Å². The van der Waals surface area contributed by atoms with Crippen molar-refractivity contribution < 1.29 is 4.79 Å². The number of hydrogen-bond donors (Lipinski definition) is 1. The normalized spacial score (nSPS) is 12.5. The van der Waals surface area contributed by atoms with Crippen LogP contribution in [0, 0.1) is 5.92 Å². The van der Waals surface area contributed by atoms with Gasteiger partial charge in [0.2, 0.25) is 5.91 Å². The first-order valence-electron chi connectivity index (χ1n) is 7.32. The molecule has 0 aliphatic rings. The smallest absolute Gasteiger partial charge is 0.225 e. The third-order valence-electron chi connectivity index (χ3n) is 3.85. The molecule has 0 bridgehead atoms. The lowest BCUT2D eigenvalue weighted by molar-refractivity contribution is -0.134. The van der Waals surface area contributed by atoms with Gasteiger partial charge in [0.05, 0.1) is 6.33 Å². The number of nitrogens with zero attached hydrogens (tertiary/aromatic N) is 2. The Hall–Kier alpha value is -2.14. The number of imidazole rings is 1. The number of thiophene rings is 1. The maximum absolute atomic E-state index is 12.5. The van der Waals surface area contributed by atoms with E-state index in [1.165, 1.54) is 15.6 Å². The van der Waals surface area contributed by atoms with Crippen molar-refractivity contribution in [1.29, 1.82) is 0 Å². The summed E-state index contributed by atoms with van der Waals surface area (Å²) in [6.07, 6.45) is 4.11. The molecule has 0 unspecified atom stereocenters. The molecule has 0 fully saturated rings. The molecule has 3 rings (SSSR count). The van der Waals surface area contributed by atoms with Gasteiger partial charge in [-0.05, 0) is 22.4 Å². The molecule has 3 aromatic rings. The lowest BCUT2D eigenvalue weighted by atomic mass is 10.0. The number of hydrogen-bond acceptors (Lipinski definition) is 3. The van der Waals surface area contributed by atoms with E-state index in [9.17, 15) is 4.79 Å². The molecule has 4 nitrogen and oxygen atoms in total. The molecular weight excluding hydrogens is 294 g/mol. The van der Waals surface area contributed by atoms with Gasteiger partial charge in [-0.2, -0.15) is 0 Å². The average Bonchev–Trinajstić information content (AvgIpc) is 3.17. The first kappa shape index (κ1) is 14.8. The van der Waals surface area contributed by atoms with Gasteiger partial charge < -0.3 is 9.88 Å². The Labute approximate surface area is 133 Å². The number of carbonyl (C=O) groups excluding carboxylic acids is 1. The minimum atomic E-state index is -0.0599. The fourth-order valence-corrected chi connectivity index (χ4v) is 3.63. The van der Waals surface area contributed by atoms with Crippen molar-refractivity contribution in [3.63, 3.8) is 0 Å². The lowest BCUT2D eigenvalue weighted by Gasteiger charge is -2.21. The van der Waals surface area contributed by atoms with Crippen molar-refractivity contribution in [2.75, 3.05) is 7.05 Å². The van der Waals surface area contributed by atoms with Crippen LogP contribution in [0.3, 0.4) is 0 Å². The second kappa shape index (κ2) is 6.32. The predicted molar refractivity (Wildman–Crippen MR) is 89.8 cm³/mol. The Bertz CT molecular complexity index is 763. The van der Waals surface area contributed by atoms with Gasteiger partial charge in [0.15, 0.2) is 0 Å². The zero-order valence-electron chi connectivity index (χ0n) is 12.7. The van der Waals surface area contributed by atoms with Crippen LogP contribution < -0.4 is 0 Å². The largest absolute Gasteiger partial charge is 0.348 e. The minimum Gasteiger partial charge on any atom is -0.348 e. The Morgan fingerprint density at radius 3 is 3.00 bits per heavy atom. The van der Waals surface area contributed by atoms with Crippen LogP contribution in [0.1, 0.15) is 18.2 Å². The van der Waals surface area contributed by atoms with E-state index in [4.69, 9.17) is 0 Å². The molecule has 1 atom stereocenters. The van der Waals surface area contributed by atoms with E-state index in [0.717, 1.165) is 5.69 Å². The van der Waals surface area contributed by atoms with Gasteiger partial charge in [-0.3, -0.25) is 4.79 Å². The maximum Gasteiger partial charge on any atom is 0.225 e. The summed E-state index contributed by atoms with van der Waals surface area (Å²) in [6.45, 7) is 2.61. The Morgan fingerprint density at radius 1 is 1.41 bits per heavy atom. The van der Waals surface area contributed by atoms with Crippen LogP contribution in [0.25, 0.3) is 10.1 Å². The molecule has 1 N–H and O–H groups in total. The van der Waals surface area contributed by atoms with Crippen molar-refractivity contribution in [1.82, 2.24) is 14.9 Å². The maximum atomic E-state index is 12.5. The number of aromatic nitrogens is 2. The van der Waals surface area contributed by atoms with Gasteiger partial charge in [0.25, 0.3) is 0 Å². The highest BCUT2D eigenvalue weighted by Gasteiger charge is 2.19. The van der Waals surface area contributed by atoms with E-state index >= 15 is 0 Å². The number of carbonyl (C=O) groups is 1. The topological polar surface area (TPSA) is 49.0 Å². The molecule has 0 aliphatic heterocycles. The Kier molecular flexibility index (Phi) is 4.24. The number of nitrogens with one attached hydrogen (secondary N) is 1. The summed E-state index contributed by atoms with van der Waals surface area (Å²) in [7, 11) is 1.87. The lowest BCUT2D eigenvalue weighted by Crippen LogP contribution is -2.32. The van der Waals surface area contributed by atoms with Crippen molar-refractivity contribution in [3.05, 3.63) is 53.4 Å². The first-order valence-corrected chi connectivity index (χ1v) is 8.20. The molecule has 1 amide bonds. The van der Waals surface area contributed by atoms with Gasteiger partial charge in [-0.1, -0.05) is 25.1 Å². The molecule has 2 heterocycles. The van der Waals surface area contributed by atoms with Crippen molar-refractivity contribution >= 4 is 27.3 Å². The molecule has 5 heteroatoms. The van der Waals surface area contributed by atoms with Crippen LogP contribution in [-0.4, -0.2) is 27.8 Å². The number of aromatic amines is 1. The van der Waals surface area contributed by atoms with Crippen LogP contribution in [-0.2, 0) is 17.8 Å². The van der Waals surface area contributed by atoms with E-state index in [-0.39, 0.29) is 11.8 Å². The molecular formula is C17H19N3OS. The monoisotopic (exact) mass is 313 g/mol. The molecule has 2 aromatic heterocycles. The SMILES string of the molecule is C[C@@H](Cc1cnc[nH]1)C(=O)N(C)Cc1csc2ccccc12. The predicted octanol–water partition coefficient (Wildman–Crippen LogP) is 3.46. The van der Waals surface area contributed by atoms with E-state index in [2.05, 4.69) is 27.5 Å². The number of benzene rings is 1. The van der Waals surface area contributed by atoms with Crippen LogP contribution in [0.15, 0.2) is 42.2 Å². The zero-order chi connectivity index (χ0) is 15.5. The van der Waals surface area contributed by atoms with Gasteiger partial charge in [0.1, 0.15) is 0 Å². The Balaban J connectivity index is 1.68. The summed E-state index contributed by atoms with van der Waals surface area (Å²) in [5.74, 6) is 0.0974. The van der Waals surface area contributed by atoms with Gasteiger partial charge >= 0.3 is 0 Å². The average molecular weight is 313 g/mol. The number of rotatable bonds is 5. The molecule has 0 saturated carbocycles. The molecule has 22 heavy (non-hydrogen) atoms. The molecule has 0 radical (unpaired) electrons. The Morgan fingerprint density at radius 2 is 2.23 bits per heavy atom. The second-order valence-corrected chi connectivity index (χ2v) is 6.54. The highest BCUT2D eigenvalue weighted by molar-refractivity contribution is 7.17. The highest BCUT2D eigenvalue weighted by Crippen LogP contribution is 2.26. The first-order chi connectivity index (χ1) is 10.6. The summed E-state index contributed by atoms with van der Waals surface area (Å²) < 4.78 is 1.27. The number of H-pyrrole nitrogens is 1. The summed E-state index contributed by atoms with van der Waals surface area (Å²) in [5, 5.41) is 3.39. The summed E-state index contributed by atoms with van der Waals surface area (Å²) in [6, 6.07) is 8.32. The molecule has 0 saturated heterocycles. The van der Waals surface area contributed by atoms with Crippen molar-refractivity contribution in [3.8, 4) is 0 Å². The summed E-state index contributed by atoms with van der Waals surface area (Å²) in [4.78, 5) is 21.4. The van der Waals surface area contributed by atoms with Crippen LogP contribution in [0.2, 0.25) is 0 Å². The van der Waals surface area contributed by atoms with Gasteiger partial charge in [-0.15, -0.1) is 11.3 Å². The summed E-state index contributed by atoms with van der Waals surface area (Å²) >= 11 is 1.73. The molecule has 0 aliphatic carbocycles. The van der Waals surface area contributed by atoms with E-state index < -0.39 is 0 Å². The zero-order valence-corrected chi connectivity index (χ0v) is 13.6. The quantitative estimate of drug-likeness (QED) is 0.784. The minimum absolute atomic E-state index is 0.0599. The number of amides is 1. The van der Waals surface area contributed by atoms with E-state index in [1.807, 2.05) is 31.0 Å². The van der Waals surface area contributed by atoms with Crippen molar-refractivity contribution in [2.45, 2.75) is 19.9 Å². The van der Waals surface area contributed by atoms with Gasteiger partial charge in [-0.25, -0.2) is 4.98 Å². The fraction of sp³-hybridized carbons (Fsp3) is 0.294. The standard InChI is InChI=1S/C17H19N3OS/c1-12(7-14-8-18-11-19-14)17(21)20(2)9-13-10-22-16-6-4-3-5-15(13)16/h3-6,8,10-12H,7,9H2,1-2H3,(H,18,19)/t12-/m0/s1.